The molecular weight excluding hydrogens is 1620 g/mol. The van der Waals surface area contributed by atoms with Gasteiger partial charge in [-0.3, -0.25) is 33.6 Å². The monoisotopic (exact) mass is 1720 g/mol. The molecule has 6 aromatic carbocycles. The summed E-state index contributed by atoms with van der Waals surface area (Å²) in [6.07, 6.45) is -22.7. The van der Waals surface area contributed by atoms with Crippen LogP contribution in [0, 0.1) is 5.92 Å². The van der Waals surface area contributed by atoms with Crippen molar-refractivity contribution in [1.29, 1.82) is 0 Å². The predicted molar refractivity (Wildman–Crippen MR) is 429 cm³/mol. The first kappa shape index (κ1) is 90.1. The van der Waals surface area contributed by atoms with Gasteiger partial charge in [-0.15, -0.1) is 0 Å². The van der Waals surface area contributed by atoms with Crippen LogP contribution < -0.4 is 68.2 Å². The van der Waals surface area contributed by atoms with Gasteiger partial charge in [0, 0.05) is 53.2 Å². The average molecular weight is 1720 g/mol. The van der Waals surface area contributed by atoms with Crippen LogP contribution >= 0.6 is 23.2 Å². The largest absolute Gasteiger partial charge is 0.508 e. The van der Waals surface area contributed by atoms with Crippen molar-refractivity contribution in [3.05, 3.63) is 152 Å². The first-order valence-electron chi connectivity index (χ1n) is 39.2. The van der Waals surface area contributed by atoms with Crippen molar-refractivity contribution in [3.63, 3.8) is 0 Å². The minimum absolute atomic E-state index is 0.114. The molecule has 36 nitrogen and oxygen atoms in total. The molecule has 652 valence electrons. The molecule has 22 atom stereocenters. The highest BCUT2D eigenvalue weighted by Gasteiger charge is 2.53. The van der Waals surface area contributed by atoms with Crippen LogP contribution in [0.3, 0.4) is 0 Å². The Morgan fingerprint density at radius 2 is 1.26 bits per heavy atom. The summed E-state index contributed by atoms with van der Waals surface area (Å²) in [5, 5.41) is 137. The summed E-state index contributed by atoms with van der Waals surface area (Å²) in [5.74, 6) is -15.8. The number of carbonyl (C=O) groups excluding carboxylic acids is 7. The minimum Gasteiger partial charge on any atom is -0.508 e. The molecule has 6 aromatic rings. The molecule has 121 heavy (non-hydrogen) atoms. The standard InChI is InChI=1S/C83H100Cl2N10O26/c1-33(2)20-48(88-9)74(106)94-64-66(101)40-15-18-52(46(84)22-40)116-54-24-42-25-55(70(54)121-81-71(68(103)67(102)56(32-96)118-81)120-59-30-83(8,73(105)36(6)115-59)89-31-37-10-12-38(13-11-37)34(3)4)117-53-19-16-41(23-47(53)85)69(119-58-29-82(7,87)72(104)35(5)114-58)65-79(111)93-63(80(112)113)45-26-43(97)27-51(99)60(45)44-21-39(14-17-50(44)98)61(76(108)95-65)92-77(109)62(42)91-75(107)49(28-57(86)100)90-78(64)110/h10-19,21-27,33-36,48-49,56,58-59,61-69,71-73,81,88-89,96-99,101-105H,20,28-32,87H2,1-9H3,(H2,86,100)(H,90,110)(H,91,107)(H,92,109)(H,93,111)(H,94,106)(H,95,108)(H,112,113)/t35-,36-,48-,49+,56-,58-,59-,61-,62-,63+,64-,65+,66-,67-,68+,69-,71-,72+,73+,81+,82-,83-/m1/s1. The van der Waals surface area contributed by atoms with Crippen LogP contribution in [0.2, 0.25) is 10.0 Å². The van der Waals surface area contributed by atoms with Crippen LogP contribution in [0.1, 0.15) is 156 Å². The minimum atomic E-state index is -2.39. The van der Waals surface area contributed by atoms with Gasteiger partial charge in [-0.2, -0.15) is 0 Å². The lowest BCUT2D eigenvalue weighted by molar-refractivity contribution is -0.334. The van der Waals surface area contributed by atoms with Crippen LogP contribution in [0.25, 0.3) is 11.1 Å². The first-order chi connectivity index (χ1) is 57.1. The van der Waals surface area contributed by atoms with Crippen molar-refractivity contribution >= 4 is 70.5 Å². The van der Waals surface area contributed by atoms with Crippen LogP contribution in [0.4, 0.5) is 0 Å². The molecule has 7 amide bonds. The number of phenolic OH excluding ortho intramolecular Hbond substituents is 3. The van der Waals surface area contributed by atoms with Gasteiger partial charge in [0.15, 0.2) is 36.2 Å². The number of hydrogen-bond acceptors (Lipinski definition) is 28. The van der Waals surface area contributed by atoms with E-state index in [1.54, 1.807) is 13.8 Å². The SMILES string of the molecule is CN[C@H](CC(C)C)C(=O)N[C@H]1C(=O)N[C@@H](CC(N)=O)C(=O)N[C@H]2C(=O)N[C@H]3C(=O)N[C@H](C(=O)N[C@H](C(=O)O)c4cc(O)cc(O)c4-c4cc3ccc4O)[C@H](O[C@@H]3C[C@@](C)(N)[C@@H](O)[C@@H](C)O3)c3ccc(c(Cl)c3)Oc3cc2cc(c3O[C@@H]2O[C@H](CO)[C@@H](O)[C@H](O)[C@H]2O[C@@H]2C[C@@](C)(NCc3ccc(C(C)C)cc3)[C@@H](O)[C@@H](C)O2)Oc2ccc(cc2Cl)[C@H]1O. The lowest BCUT2D eigenvalue weighted by atomic mass is 9.84. The predicted octanol–water partition coefficient (Wildman–Crippen LogP) is 3.30. The number of aliphatic hydroxyl groups excluding tert-OH is 6. The van der Waals surface area contributed by atoms with Gasteiger partial charge in [-0.25, -0.2) is 4.79 Å². The van der Waals surface area contributed by atoms with Crippen molar-refractivity contribution in [2.45, 2.75) is 227 Å². The number of halogens is 2. The van der Waals surface area contributed by atoms with E-state index in [0.717, 1.165) is 59.7 Å². The van der Waals surface area contributed by atoms with Gasteiger partial charge >= 0.3 is 5.97 Å². The summed E-state index contributed by atoms with van der Waals surface area (Å²) in [4.78, 5) is 121. The van der Waals surface area contributed by atoms with Crippen molar-refractivity contribution in [1.82, 2.24) is 42.5 Å². The number of ether oxygens (including phenoxy) is 8. The maximum absolute atomic E-state index is 16.5. The highest BCUT2D eigenvalue weighted by Crippen LogP contribution is 2.51. The van der Waals surface area contributed by atoms with Crippen molar-refractivity contribution in [2.75, 3.05) is 13.7 Å². The quantitative estimate of drug-likeness (QED) is 0.0553. The summed E-state index contributed by atoms with van der Waals surface area (Å²) >= 11 is 14.6. The zero-order valence-electron chi connectivity index (χ0n) is 67.2. The fourth-order valence-electron chi connectivity index (χ4n) is 15.7. The number of aromatic hydroxyl groups is 3. The molecule has 0 aliphatic carbocycles. The number of carboxylic acid groups (broad SMARTS) is 1. The third kappa shape index (κ3) is 19.7. The van der Waals surface area contributed by atoms with Crippen LogP contribution in [-0.4, -0.2) is 215 Å². The van der Waals surface area contributed by atoms with E-state index in [2.05, 4.69) is 56.4 Å². The Bertz CT molecular complexity index is 4910. The van der Waals surface area contributed by atoms with Gasteiger partial charge in [0.25, 0.3) is 0 Å². The lowest BCUT2D eigenvalue weighted by Crippen LogP contribution is -2.65. The normalized spacial score (nSPS) is 30.4. The summed E-state index contributed by atoms with van der Waals surface area (Å²) in [7, 11) is 1.48. The van der Waals surface area contributed by atoms with Gasteiger partial charge in [0.2, 0.25) is 53.4 Å². The van der Waals surface area contributed by atoms with Crippen molar-refractivity contribution in [3.8, 4) is 57.1 Å². The van der Waals surface area contributed by atoms with E-state index < -0.39 is 261 Å². The summed E-state index contributed by atoms with van der Waals surface area (Å²) < 4.78 is 52.8. The number of amides is 7. The van der Waals surface area contributed by atoms with E-state index in [1.807, 2.05) is 38.1 Å². The summed E-state index contributed by atoms with van der Waals surface area (Å²) in [6, 6.07) is 7.54. The maximum atomic E-state index is 16.5. The molecule has 22 N–H and O–H groups in total. The molecule has 8 heterocycles. The number of phenols is 3. The Kier molecular flexibility index (Phi) is 27.5. The number of aliphatic hydroxyl groups is 6. The van der Waals surface area contributed by atoms with Crippen LogP contribution in [0.15, 0.2) is 103 Å². The second-order valence-corrected chi connectivity index (χ2v) is 33.2. The topological polar surface area (TPSA) is 561 Å². The average Bonchev–Trinajstić information content (AvgIpc) is 0.760. The van der Waals surface area contributed by atoms with Gasteiger partial charge in [0.05, 0.1) is 53.5 Å². The van der Waals surface area contributed by atoms with E-state index in [0.29, 0.717) is 0 Å². The Labute approximate surface area is 704 Å². The molecule has 0 unspecified atom stereocenters. The molecule has 38 heteroatoms. The van der Waals surface area contributed by atoms with E-state index in [4.69, 9.17) is 72.6 Å². The van der Waals surface area contributed by atoms with Crippen molar-refractivity contribution < 1.29 is 127 Å². The molecule has 0 spiro atoms. The molecule has 3 saturated heterocycles. The zero-order chi connectivity index (χ0) is 87.9. The molecule has 0 aromatic heterocycles. The summed E-state index contributed by atoms with van der Waals surface area (Å²) in [6.45, 7) is 13.3. The van der Waals surface area contributed by atoms with E-state index >= 15 is 24.0 Å². The number of fused-ring (bicyclic) bond motifs is 15. The maximum Gasteiger partial charge on any atom is 0.330 e. The van der Waals surface area contributed by atoms with Gasteiger partial charge < -0.3 is 143 Å². The number of hydrogen-bond donors (Lipinski definition) is 20. The Balaban J connectivity index is 1.10. The highest BCUT2D eigenvalue weighted by molar-refractivity contribution is 6.32. The van der Waals surface area contributed by atoms with Gasteiger partial charge in [0.1, 0.15) is 89.5 Å². The number of likely N-dealkylation sites (N-methyl/N-ethyl adjacent to an activating group) is 1. The van der Waals surface area contributed by atoms with E-state index in [1.165, 1.54) is 51.2 Å². The molecule has 14 rings (SSSR count). The molecule has 8 aliphatic rings. The molecule has 8 aliphatic heterocycles. The third-order valence-corrected chi connectivity index (χ3v) is 23.0. The number of nitrogens with two attached hydrogens (primary N) is 2. The number of aliphatic carboxylic acids is 1. The number of benzene rings is 6. The van der Waals surface area contributed by atoms with Crippen molar-refractivity contribution in [2.24, 2.45) is 17.4 Å². The lowest BCUT2D eigenvalue weighted by Gasteiger charge is -2.48. The zero-order valence-corrected chi connectivity index (χ0v) is 68.7. The fourth-order valence-corrected chi connectivity index (χ4v) is 16.2. The first-order valence-corrected chi connectivity index (χ1v) is 40.0. The number of rotatable bonds is 19. The fraction of sp³-hybridized carbons (Fsp3) is 0.470. The third-order valence-electron chi connectivity index (χ3n) is 22.4. The van der Waals surface area contributed by atoms with Crippen LogP contribution in [-0.2, 0) is 68.6 Å². The smallest absolute Gasteiger partial charge is 0.330 e. The Morgan fingerprint density at radius 3 is 1.86 bits per heavy atom. The number of carbonyl (C=O) groups is 8. The molecular formula is C83H100Cl2N10O26. The Morgan fingerprint density at radius 1 is 0.653 bits per heavy atom. The number of primary amides is 1. The molecule has 0 radical (unpaired) electrons. The highest BCUT2D eigenvalue weighted by atomic mass is 35.5. The summed E-state index contributed by atoms with van der Waals surface area (Å²) in [5.41, 5.74) is 9.01. The van der Waals surface area contributed by atoms with Gasteiger partial charge in [-0.1, -0.05) is 93.4 Å². The molecule has 11 bridgehead atoms. The molecule has 3 fully saturated rings. The van der Waals surface area contributed by atoms with E-state index in [-0.39, 0.29) is 65.1 Å². The molecule has 0 saturated carbocycles. The Hall–Kier alpha value is -10.1. The number of carboxylic acids is 1. The van der Waals surface area contributed by atoms with E-state index in [9.17, 15) is 65.4 Å². The second kappa shape index (κ2) is 36.9. The van der Waals surface area contributed by atoms with Gasteiger partial charge in [-0.05, 0) is 141 Å². The second-order valence-electron chi connectivity index (χ2n) is 32.4. The number of nitrogens with one attached hydrogen (secondary N) is 8. The van der Waals surface area contributed by atoms with Crippen LogP contribution in [0.5, 0.6) is 46.0 Å².